The lowest BCUT2D eigenvalue weighted by Crippen LogP contribution is -2.32. The van der Waals surface area contributed by atoms with Gasteiger partial charge in [-0.15, -0.1) is 0 Å². The predicted molar refractivity (Wildman–Crippen MR) is 85.1 cm³/mol. The van der Waals surface area contributed by atoms with Crippen molar-refractivity contribution in [3.63, 3.8) is 0 Å². The molecule has 0 spiro atoms. The van der Waals surface area contributed by atoms with Crippen LogP contribution in [-0.4, -0.2) is 33.6 Å². The van der Waals surface area contributed by atoms with E-state index < -0.39 is 0 Å². The van der Waals surface area contributed by atoms with E-state index in [4.69, 9.17) is 12.2 Å². The third kappa shape index (κ3) is 2.51. The van der Waals surface area contributed by atoms with E-state index in [1.165, 1.54) is 24.9 Å². The van der Waals surface area contributed by atoms with E-state index in [9.17, 15) is 0 Å². The number of likely N-dealkylation sites (tertiary alicyclic amines) is 1. The fraction of sp³-hybridized carbons (Fsp3) is 0.500. The largest absolute Gasteiger partial charge is 0.331 e. The van der Waals surface area contributed by atoms with E-state index in [2.05, 4.69) is 55.5 Å². The molecular formula is C14H18BrN3S. The van der Waals surface area contributed by atoms with Crippen molar-refractivity contribution in [1.82, 2.24) is 14.5 Å². The van der Waals surface area contributed by atoms with Gasteiger partial charge in [-0.3, -0.25) is 4.90 Å². The van der Waals surface area contributed by atoms with E-state index in [-0.39, 0.29) is 0 Å². The number of rotatable bonds is 3. The van der Waals surface area contributed by atoms with Crippen LogP contribution in [0.25, 0.3) is 11.0 Å². The van der Waals surface area contributed by atoms with Crippen LogP contribution in [0.2, 0.25) is 0 Å². The lowest BCUT2D eigenvalue weighted by molar-refractivity contribution is 0.245. The van der Waals surface area contributed by atoms with Gasteiger partial charge in [0.1, 0.15) is 0 Å². The summed E-state index contributed by atoms with van der Waals surface area (Å²) in [5, 5.41) is 0. The molecule has 3 rings (SSSR count). The molecule has 2 aromatic rings. The first-order chi connectivity index (χ1) is 9.19. The summed E-state index contributed by atoms with van der Waals surface area (Å²) in [5.41, 5.74) is 2.32. The van der Waals surface area contributed by atoms with Gasteiger partial charge in [0.05, 0.1) is 11.0 Å². The minimum Gasteiger partial charge on any atom is -0.331 e. The van der Waals surface area contributed by atoms with Crippen molar-refractivity contribution in [2.24, 2.45) is 0 Å². The van der Waals surface area contributed by atoms with Gasteiger partial charge in [0.15, 0.2) is 4.77 Å². The van der Waals surface area contributed by atoms with Crippen LogP contribution in [0, 0.1) is 4.77 Å². The van der Waals surface area contributed by atoms with Crippen molar-refractivity contribution in [3.05, 3.63) is 27.4 Å². The number of halogens is 1. The number of nitrogens with zero attached hydrogens (tertiary/aromatic N) is 2. The van der Waals surface area contributed by atoms with Gasteiger partial charge in [-0.25, -0.2) is 0 Å². The van der Waals surface area contributed by atoms with E-state index >= 15 is 0 Å². The highest BCUT2D eigenvalue weighted by atomic mass is 79.9. The Bertz CT molecular complexity index is 646. The maximum atomic E-state index is 5.48. The van der Waals surface area contributed by atoms with Crippen molar-refractivity contribution in [1.29, 1.82) is 0 Å². The standard InChI is InChI=1S/C14H18BrN3S/c1-2-17-7-3-4-11(17)9-18-13-6-5-10(15)8-12(13)16-14(18)19/h5-6,8,11H,2-4,7,9H2,1H3,(H,16,19). The van der Waals surface area contributed by atoms with Gasteiger partial charge >= 0.3 is 0 Å². The minimum absolute atomic E-state index is 0.624. The van der Waals surface area contributed by atoms with Crippen LogP contribution in [0.5, 0.6) is 0 Å². The van der Waals surface area contributed by atoms with Crippen molar-refractivity contribution < 1.29 is 0 Å². The molecule has 2 heterocycles. The molecule has 19 heavy (non-hydrogen) atoms. The second-order valence-electron chi connectivity index (χ2n) is 5.13. The summed E-state index contributed by atoms with van der Waals surface area (Å²) >= 11 is 8.98. The molecule has 0 saturated carbocycles. The molecule has 1 unspecified atom stereocenters. The van der Waals surface area contributed by atoms with Crippen LogP contribution in [0.3, 0.4) is 0 Å². The van der Waals surface area contributed by atoms with Crippen LogP contribution in [0.1, 0.15) is 19.8 Å². The Morgan fingerprint density at radius 1 is 1.47 bits per heavy atom. The summed E-state index contributed by atoms with van der Waals surface area (Å²) in [4.78, 5) is 5.86. The number of fused-ring (bicyclic) bond motifs is 1. The summed E-state index contributed by atoms with van der Waals surface area (Å²) in [7, 11) is 0. The van der Waals surface area contributed by atoms with E-state index in [0.29, 0.717) is 6.04 Å². The molecule has 1 aliphatic heterocycles. The van der Waals surface area contributed by atoms with Crippen molar-refractivity contribution in [3.8, 4) is 0 Å². The Hall–Kier alpha value is -0.650. The van der Waals surface area contributed by atoms with Gasteiger partial charge in [0.25, 0.3) is 0 Å². The van der Waals surface area contributed by atoms with Gasteiger partial charge in [0, 0.05) is 17.1 Å². The topological polar surface area (TPSA) is 24.0 Å². The molecule has 0 aliphatic carbocycles. The van der Waals surface area contributed by atoms with Crippen LogP contribution in [-0.2, 0) is 6.54 Å². The molecule has 1 atom stereocenters. The minimum atomic E-state index is 0.624. The van der Waals surface area contributed by atoms with Gasteiger partial charge in [-0.2, -0.15) is 0 Å². The number of aromatic nitrogens is 2. The lowest BCUT2D eigenvalue weighted by atomic mass is 10.2. The summed E-state index contributed by atoms with van der Waals surface area (Å²) in [5.74, 6) is 0. The molecule has 0 bridgehead atoms. The summed E-state index contributed by atoms with van der Waals surface area (Å²) in [6, 6.07) is 6.93. The number of likely N-dealkylation sites (N-methyl/N-ethyl adjacent to an activating group) is 1. The Morgan fingerprint density at radius 2 is 2.32 bits per heavy atom. The van der Waals surface area contributed by atoms with E-state index in [0.717, 1.165) is 27.8 Å². The molecule has 0 radical (unpaired) electrons. The highest BCUT2D eigenvalue weighted by Crippen LogP contribution is 2.23. The number of hydrogen-bond acceptors (Lipinski definition) is 2. The van der Waals surface area contributed by atoms with Crippen molar-refractivity contribution >= 4 is 39.2 Å². The molecule has 1 N–H and O–H groups in total. The quantitative estimate of drug-likeness (QED) is 0.856. The highest BCUT2D eigenvalue weighted by Gasteiger charge is 2.24. The number of H-pyrrole nitrogens is 1. The number of aromatic amines is 1. The zero-order valence-electron chi connectivity index (χ0n) is 11.0. The van der Waals surface area contributed by atoms with E-state index in [1.807, 2.05) is 0 Å². The first kappa shape index (κ1) is 13.3. The van der Waals surface area contributed by atoms with Gasteiger partial charge in [-0.05, 0) is 56.3 Å². The maximum absolute atomic E-state index is 5.48. The second-order valence-corrected chi connectivity index (χ2v) is 6.43. The number of nitrogens with one attached hydrogen (secondary N) is 1. The second kappa shape index (κ2) is 5.38. The van der Waals surface area contributed by atoms with Gasteiger partial charge < -0.3 is 9.55 Å². The number of hydrogen-bond donors (Lipinski definition) is 1. The third-order valence-corrected chi connectivity index (χ3v) is 4.85. The number of benzene rings is 1. The average Bonchev–Trinajstić information content (AvgIpc) is 2.95. The zero-order valence-corrected chi connectivity index (χ0v) is 13.4. The summed E-state index contributed by atoms with van der Waals surface area (Å²) in [6.45, 7) is 5.59. The van der Waals surface area contributed by atoms with Gasteiger partial charge in [0.2, 0.25) is 0 Å². The lowest BCUT2D eigenvalue weighted by Gasteiger charge is -2.23. The summed E-state index contributed by atoms with van der Waals surface area (Å²) in [6.07, 6.45) is 2.58. The first-order valence-corrected chi connectivity index (χ1v) is 8.01. The molecule has 1 aliphatic rings. The van der Waals surface area contributed by atoms with Crippen molar-refractivity contribution in [2.45, 2.75) is 32.4 Å². The Balaban J connectivity index is 1.96. The normalized spacial score (nSPS) is 20.4. The van der Waals surface area contributed by atoms with Gasteiger partial charge in [-0.1, -0.05) is 22.9 Å². The maximum Gasteiger partial charge on any atom is 0.178 e. The first-order valence-electron chi connectivity index (χ1n) is 6.81. The fourth-order valence-corrected chi connectivity index (χ4v) is 3.69. The van der Waals surface area contributed by atoms with Crippen LogP contribution >= 0.6 is 28.1 Å². The zero-order chi connectivity index (χ0) is 13.4. The highest BCUT2D eigenvalue weighted by molar-refractivity contribution is 9.10. The van der Waals surface area contributed by atoms with Crippen LogP contribution in [0.4, 0.5) is 0 Å². The molecule has 1 aromatic carbocycles. The smallest absolute Gasteiger partial charge is 0.178 e. The molecule has 1 saturated heterocycles. The SMILES string of the molecule is CCN1CCCC1Cn1c(=S)[nH]c2cc(Br)ccc21. The molecule has 1 aromatic heterocycles. The third-order valence-electron chi connectivity index (χ3n) is 4.03. The molecular weight excluding hydrogens is 322 g/mol. The average molecular weight is 340 g/mol. The fourth-order valence-electron chi connectivity index (χ4n) is 3.05. The predicted octanol–water partition coefficient (Wildman–Crippen LogP) is 3.95. The van der Waals surface area contributed by atoms with E-state index in [1.54, 1.807) is 0 Å². The Morgan fingerprint density at radius 3 is 3.11 bits per heavy atom. The monoisotopic (exact) mass is 339 g/mol. The summed E-state index contributed by atoms with van der Waals surface area (Å²) < 4.78 is 4.16. The molecule has 3 nitrogen and oxygen atoms in total. The van der Waals surface area contributed by atoms with Crippen LogP contribution in [0.15, 0.2) is 22.7 Å². The number of imidazole rings is 1. The Labute approximate surface area is 126 Å². The molecule has 1 fully saturated rings. The van der Waals surface area contributed by atoms with Crippen LogP contribution < -0.4 is 0 Å². The molecule has 102 valence electrons. The Kier molecular flexibility index (Phi) is 3.78. The molecule has 5 heteroatoms. The molecule has 0 amide bonds. The van der Waals surface area contributed by atoms with Crippen molar-refractivity contribution in [2.75, 3.05) is 13.1 Å².